The molecule has 29 heavy (non-hydrogen) atoms. The largest absolute Gasteiger partial charge is 0.361 e. The van der Waals surface area contributed by atoms with E-state index in [-0.39, 0.29) is 18.2 Å². The van der Waals surface area contributed by atoms with Crippen LogP contribution in [0.2, 0.25) is 0 Å². The lowest BCUT2D eigenvalue weighted by atomic mass is 10.1. The van der Waals surface area contributed by atoms with Gasteiger partial charge in [0.1, 0.15) is 15.6 Å². The van der Waals surface area contributed by atoms with E-state index in [1.807, 2.05) is 47.4 Å². The summed E-state index contributed by atoms with van der Waals surface area (Å²) in [6, 6.07) is 2.01. The van der Waals surface area contributed by atoms with Crippen LogP contribution in [0.4, 0.5) is 0 Å². The van der Waals surface area contributed by atoms with Gasteiger partial charge in [0, 0.05) is 42.7 Å². The summed E-state index contributed by atoms with van der Waals surface area (Å²) in [5, 5.41) is 8.83. The molecule has 1 saturated heterocycles. The molecular formula is C20H22N4O3S2. The van der Waals surface area contributed by atoms with Crippen LogP contribution in [0.25, 0.3) is 10.6 Å². The molecule has 1 aliphatic heterocycles. The van der Waals surface area contributed by atoms with Gasteiger partial charge in [-0.25, -0.2) is 4.98 Å². The second-order valence-corrected chi connectivity index (χ2v) is 8.88. The standard InChI is InChI=1S/C20H22N4O3S2/c1-12-16(14(3)27-22-12)10-17(25)23-5-7-24(8-6-23)20(26)18-13(2)21-19(29-18)15-4-9-28-11-15/h4,9,11H,5-8,10H2,1-3H3. The summed E-state index contributed by atoms with van der Waals surface area (Å²) in [6.07, 6.45) is 0.285. The van der Waals surface area contributed by atoms with Gasteiger partial charge in [-0.3, -0.25) is 9.59 Å². The minimum absolute atomic E-state index is 0.000646. The molecule has 3 aromatic rings. The molecule has 0 spiro atoms. The Balaban J connectivity index is 1.38. The number of aryl methyl sites for hydroxylation is 3. The fourth-order valence-electron chi connectivity index (χ4n) is 3.42. The van der Waals surface area contributed by atoms with Gasteiger partial charge in [-0.05, 0) is 32.2 Å². The number of nitrogens with zero attached hydrogens (tertiary/aromatic N) is 4. The van der Waals surface area contributed by atoms with Crippen LogP contribution in [-0.4, -0.2) is 57.9 Å². The highest BCUT2D eigenvalue weighted by molar-refractivity contribution is 7.17. The maximum Gasteiger partial charge on any atom is 0.265 e. The van der Waals surface area contributed by atoms with Crippen LogP contribution in [0, 0.1) is 20.8 Å². The van der Waals surface area contributed by atoms with Crippen LogP contribution < -0.4 is 0 Å². The Morgan fingerprint density at radius 1 is 1.10 bits per heavy atom. The molecule has 1 fully saturated rings. The molecule has 0 aliphatic carbocycles. The van der Waals surface area contributed by atoms with Crippen molar-refractivity contribution in [2.45, 2.75) is 27.2 Å². The van der Waals surface area contributed by atoms with Gasteiger partial charge in [0.15, 0.2) is 0 Å². The molecule has 0 bridgehead atoms. The van der Waals surface area contributed by atoms with Crippen LogP contribution in [0.3, 0.4) is 0 Å². The van der Waals surface area contributed by atoms with Crippen LogP contribution in [-0.2, 0) is 11.2 Å². The van der Waals surface area contributed by atoms with Crippen molar-refractivity contribution in [2.24, 2.45) is 0 Å². The van der Waals surface area contributed by atoms with E-state index in [9.17, 15) is 9.59 Å². The summed E-state index contributed by atoms with van der Waals surface area (Å²) in [6.45, 7) is 7.66. The summed E-state index contributed by atoms with van der Waals surface area (Å²) in [5.41, 5.74) is 3.43. The minimum Gasteiger partial charge on any atom is -0.361 e. The fraction of sp³-hybridized carbons (Fsp3) is 0.400. The third kappa shape index (κ3) is 3.97. The first kappa shape index (κ1) is 19.8. The van der Waals surface area contributed by atoms with Crippen LogP contribution in [0.1, 0.15) is 32.4 Å². The van der Waals surface area contributed by atoms with Gasteiger partial charge in [0.2, 0.25) is 5.91 Å². The highest BCUT2D eigenvalue weighted by Gasteiger charge is 2.28. The van der Waals surface area contributed by atoms with Gasteiger partial charge in [0.05, 0.1) is 17.8 Å². The maximum atomic E-state index is 13.0. The molecule has 4 rings (SSSR count). The lowest BCUT2D eigenvalue weighted by Crippen LogP contribution is -2.51. The number of thiazole rings is 1. The Kier molecular flexibility index (Phi) is 5.51. The molecule has 0 aromatic carbocycles. The first-order valence-electron chi connectivity index (χ1n) is 9.43. The lowest BCUT2D eigenvalue weighted by Gasteiger charge is -2.34. The Morgan fingerprint density at radius 2 is 1.83 bits per heavy atom. The van der Waals surface area contributed by atoms with E-state index in [4.69, 9.17) is 4.52 Å². The molecular weight excluding hydrogens is 408 g/mol. The van der Waals surface area contributed by atoms with E-state index in [0.29, 0.717) is 36.8 Å². The van der Waals surface area contributed by atoms with E-state index in [2.05, 4.69) is 10.1 Å². The second-order valence-electron chi connectivity index (χ2n) is 7.10. The van der Waals surface area contributed by atoms with Crippen LogP contribution in [0.15, 0.2) is 21.3 Å². The molecule has 9 heteroatoms. The number of hydrogen-bond acceptors (Lipinski definition) is 7. The predicted molar refractivity (Wildman–Crippen MR) is 112 cm³/mol. The number of aromatic nitrogens is 2. The van der Waals surface area contributed by atoms with Crippen LogP contribution in [0.5, 0.6) is 0 Å². The van der Waals surface area contributed by atoms with Gasteiger partial charge >= 0.3 is 0 Å². The molecule has 7 nitrogen and oxygen atoms in total. The molecule has 0 unspecified atom stereocenters. The zero-order valence-corrected chi connectivity index (χ0v) is 18.2. The molecule has 152 valence electrons. The molecule has 0 radical (unpaired) electrons. The summed E-state index contributed by atoms with van der Waals surface area (Å²) >= 11 is 3.05. The van der Waals surface area contributed by atoms with Gasteiger partial charge in [-0.2, -0.15) is 11.3 Å². The lowest BCUT2D eigenvalue weighted by molar-refractivity contribution is -0.131. The summed E-state index contributed by atoms with van der Waals surface area (Å²) in [4.78, 5) is 34.5. The third-order valence-corrected chi connectivity index (χ3v) is 7.07. The van der Waals surface area contributed by atoms with Gasteiger partial charge in [-0.15, -0.1) is 11.3 Å². The topological polar surface area (TPSA) is 79.5 Å². The van der Waals surface area contributed by atoms with Gasteiger partial charge < -0.3 is 14.3 Å². The van der Waals surface area contributed by atoms with E-state index in [1.165, 1.54) is 11.3 Å². The van der Waals surface area contributed by atoms with Crippen molar-refractivity contribution >= 4 is 34.5 Å². The highest BCUT2D eigenvalue weighted by atomic mass is 32.1. The number of hydrogen-bond donors (Lipinski definition) is 0. The third-order valence-electron chi connectivity index (χ3n) is 5.19. The summed E-state index contributed by atoms with van der Waals surface area (Å²) in [7, 11) is 0. The second kappa shape index (κ2) is 8.08. The van der Waals surface area contributed by atoms with Crippen molar-refractivity contribution in [3.63, 3.8) is 0 Å². The van der Waals surface area contributed by atoms with Crippen molar-refractivity contribution in [3.05, 3.63) is 44.4 Å². The molecule has 1 aliphatic rings. The number of piperazine rings is 1. The molecule has 0 saturated carbocycles. The number of rotatable bonds is 4. The number of thiophene rings is 1. The van der Waals surface area contributed by atoms with Crippen molar-refractivity contribution in [1.82, 2.24) is 19.9 Å². The first-order valence-corrected chi connectivity index (χ1v) is 11.2. The monoisotopic (exact) mass is 430 g/mol. The molecule has 3 aromatic heterocycles. The molecule has 2 amide bonds. The van der Waals surface area contributed by atoms with Crippen molar-refractivity contribution in [2.75, 3.05) is 26.2 Å². The van der Waals surface area contributed by atoms with Gasteiger partial charge in [-0.1, -0.05) is 5.16 Å². The molecule has 0 N–H and O–H groups in total. The minimum atomic E-state index is -0.000646. The highest BCUT2D eigenvalue weighted by Crippen LogP contribution is 2.30. The van der Waals surface area contributed by atoms with E-state index < -0.39 is 0 Å². The summed E-state index contributed by atoms with van der Waals surface area (Å²) in [5.74, 6) is 0.728. The smallest absolute Gasteiger partial charge is 0.265 e. The Labute approximate surface area is 176 Å². The number of carbonyl (C=O) groups excluding carboxylic acids is 2. The quantitative estimate of drug-likeness (QED) is 0.634. The van der Waals surface area contributed by atoms with E-state index >= 15 is 0 Å². The van der Waals surface area contributed by atoms with Crippen LogP contribution >= 0.6 is 22.7 Å². The average Bonchev–Trinajstić information content (AvgIpc) is 3.45. The van der Waals surface area contributed by atoms with Crippen molar-refractivity contribution < 1.29 is 14.1 Å². The van der Waals surface area contributed by atoms with E-state index in [0.717, 1.165) is 27.5 Å². The zero-order valence-electron chi connectivity index (χ0n) is 16.6. The Hall–Kier alpha value is -2.52. The van der Waals surface area contributed by atoms with Crippen molar-refractivity contribution in [1.29, 1.82) is 0 Å². The number of amides is 2. The maximum absolute atomic E-state index is 13.0. The number of carbonyl (C=O) groups is 2. The average molecular weight is 431 g/mol. The first-order chi connectivity index (χ1) is 13.9. The molecule has 0 atom stereocenters. The normalized spacial score (nSPS) is 14.4. The summed E-state index contributed by atoms with van der Waals surface area (Å²) < 4.78 is 5.14. The van der Waals surface area contributed by atoms with Crippen molar-refractivity contribution in [3.8, 4) is 10.6 Å². The SMILES string of the molecule is Cc1nc(-c2ccsc2)sc1C(=O)N1CCN(C(=O)Cc2c(C)noc2C)CC1. The fourth-order valence-corrected chi connectivity index (χ4v) is 5.17. The Bertz CT molecular complexity index is 1010. The molecule has 4 heterocycles. The van der Waals surface area contributed by atoms with Gasteiger partial charge in [0.25, 0.3) is 5.91 Å². The predicted octanol–water partition coefficient (Wildman–Crippen LogP) is 3.31. The Morgan fingerprint density at radius 3 is 2.45 bits per heavy atom. The zero-order chi connectivity index (χ0) is 20.5. The van der Waals surface area contributed by atoms with E-state index in [1.54, 1.807) is 11.3 Å².